The van der Waals surface area contributed by atoms with Crippen LogP contribution in [0.4, 0.5) is 10.8 Å². The van der Waals surface area contributed by atoms with Gasteiger partial charge in [0.15, 0.2) is 5.13 Å². The maximum atomic E-state index is 11.1. The minimum Gasteiger partial charge on any atom is -0.481 e. The van der Waals surface area contributed by atoms with Gasteiger partial charge in [0.05, 0.1) is 20.9 Å². The van der Waals surface area contributed by atoms with Crippen LogP contribution in [0.3, 0.4) is 0 Å². The van der Waals surface area contributed by atoms with Gasteiger partial charge in [0, 0.05) is 4.88 Å². The second kappa shape index (κ2) is 5.35. The predicted octanol–water partition coefficient (Wildman–Crippen LogP) is 4.42. The highest BCUT2D eigenvalue weighted by molar-refractivity contribution is 9.10. The Morgan fingerprint density at radius 1 is 1.55 bits per heavy atom. The van der Waals surface area contributed by atoms with Gasteiger partial charge in [-0.15, -0.1) is 11.3 Å². The van der Waals surface area contributed by atoms with Gasteiger partial charge in [-0.05, 0) is 40.9 Å². The molecule has 0 aliphatic heterocycles. The fraction of sp³-hybridized carbons (Fsp3) is 0.231. The summed E-state index contributed by atoms with van der Waals surface area (Å²) in [5, 5.41) is 13.7. The second-order valence-electron chi connectivity index (χ2n) is 4.48. The molecule has 0 amide bonds. The number of carboxylic acids is 1. The lowest BCUT2D eigenvalue weighted by Crippen LogP contribution is -2.08. The molecule has 2 aromatic rings. The minimum absolute atomic E-state index is 0.473. The molecule has 20 heavy (non-hydrogen) atoms. The first kappa shape index (κ1) is 13.9. The van der Waals surface area contributed by atoms with Crippen LogP contribution in [0.25, 0.3) is 0 Å². The lowest BCUT2D eigenvalue weighted by atomic mass is 10.1. The van der Waals surface area contributed by atoms with Crippen molar-refractivity contribution in [3.63, 3.8) is 0 Å². The number of nitrogens with one attached hydrogen (secondary N) is 1. The van der Waals surface area contributed by atoms with Crippen LogP contribution in [0, 0.1) is 0 Å². The molecule has 0 fully saturated rings. The van der Waals surface area contributed by atoms with E-state index in [0.29, 0.717) is 22.3 Å². The number of carboxylic acid groups (broad SMARTS) is 1. The Labute approximate surface area is 132 Å². The van der Waals surface area contributed by atoms with Crippen LogP contribution in [0.5, 0.6) is 0 Å². The third kappa shape index (κ3) is 2.43. The summed E-state index contributed by atoms with van der Waals surface area (Å²) in [5.74, 6) is -1.27. The van der Waals surface area contributed by atoms with Crippen molar-refractivity contribution in [2.45, 2.75) is 18.8 Å². The summed E-state index contributed by atoms with van der Waals surface area (Å²) in [5.41, 5.74) is 1.51. The van der Waals surface area contributed by atoms with Gasteiger partial charge in [-0.3, -0.25) is 4.79 Å². The maximum absolute atomic E-state index is 11.1. The molecule has 1 aromatic carbocycles. The number of hydrogen-bond acceptors (Lipinski definition) is 4. The monoisotopic (exact) mass is 372 g/mol. The molecule has 0 saturated carbocycles. The first-order chi connectivity index (χ1) is 9.56. The Balaban J connectivity index is 1.88. The minimum atomic E-state index is -0.801. The fourth-order valence-corrected chi connectivity index (χ4v) is 3.83. The molecule has 1 heterocycles. The Morgan fingerprint density at radius 2 is 2.35 bits per heavy atom. The molecule has 0 saturated heterocycles. The number of benzene rings is 1. The van der Waals surface area contributed by atoms with Gasteiger partial charge in [0.1, 0.15) is 5.92 Å². The summed E-state index contributed by atoms with van der Waals surface area (Å²) >= 11 is 11.0. The van der Waals surface area contributed by atoms with Gasteiger partial charge >= 0.3 is 5.97 Å². The van der Waals surface area contributed by atoms with E-state index in [1.807, 2.05) is 12.1 Å². The van der Waals surface area contributed by atoms with Gasteiger partial charge in [-0.25, -0.2) is 4.98 Å². The van der Waals surface area contributed by atoms with Crippen molar-refractivity contribution in [2.24, 2.45) is 0 Å². The van der Waals surface area contributed by atoms with Crippen molar-refractivity contribution in [2.75, 3.05) is 5.32 Å². The summed E-state index contributed by atoms with van der Waals surface area (Å²) in [7, 11) is 0. The zero-order chi connectivity index (χ0) is 14.3. The SMILES string of the molecule is O=C(O)C1CCc2sc(Nc3cccc(Cl)c3Br)nc21. The summed E-state index contributed by atoms with van der Waals surface area (Å²) < 4.78 is 0.770. The summed E-state index contributed by atoms with van der Waals surface area (Å²) in [6.07, 6.45) is 1.42. The van der Waals surface area contributed by atoms with Crippen molar-refractivity contribution < 1.29 is 9.90 Å². The first-order valence-corrected chi connectivity index (χ1v) is 7.98. The molecule has 0 spiro atoms. The van der Waals surface area contributed by atoms with Crippen LogP contribution < -0.4 is 5.32 Å². The normalized spacial score (nSPS) is 17.0. The fourth-order valence-electron chi connectivity index (χ4n) is 2.24. The average Bonchev–Trinajstić information content (AvgIpc) is 2.94. The number of thiazole rings is 1. The molecule has 2 N–H and O–H groups in total. The number of anilines is 2. The lowest BCUT2D eigenvalue weighted by Gasteiger charge is -2.07. The Morgan fingerprint density at radius 3 is 3.10 bits per heavy atom. The molecule has 0 radical (unpaired) electrons. The van der Waals surface area contributed by atoms with Crippen LogP contribution in [-0.2, 0) is 11.2 Å². The second-order valence-corrected chi connectivity index (χ2v) is 6.77. The van der Waals surface area contributed by atoms with Crippen molar-refractivity contribution in [3.8, 4) is 0 Å². The van der Waals surface area contributed by atoms with E-state index < -0.39 is 11.9 Å². The summed E-state index contributed by atoms with van der Waals surface area (Å²) in [4.78, 5) is 16.6. The molecular formula is C13H10BrClN2O2S. The number of rotatable bonds is 3. The Kier molecular flexibility index (Phi) is 3.70. The molecule has 104 valence electrons. The molecule has 3 rings (SSSR count). The van der Waals surface area contributed by atoms with Crippen LogP contribution >= 0.6 is 38.9 Å². The molecule has 1 unspecified atom stereocenters. The van der Waals surface area contributed by atoms with E-state index >= 15 is 0 Å². The zero-order valence-electron chi connectivity index (χ0n) is 10.2. The number of fused-ring (bicyclic) bond motifs is 1. The molecule has 4 nitrogen and oxygen atoms in total. The topological polar surface area (TPSA) is 62.2 Å². The molecular weight excluding hydrogens is 364 g/mol. The standard InChI is InChI=1S/C13H10BrClN2O2S/c14-10-7(15)2-1-3-8(10)16-13-17-11-6(12(18)19)4-5-9(11)20-13/h1-3,6H,4-5H2,(H,16,17)(H,18,19). The third-order valence-corrected chi connectivity index (χ3v) is 5.65. The number of aromatic nitrogens is 1. The Bertz CT molecular complexity index is 689. The molecule has 7 heteroatoms. The molecule has 1 atom stereocenters. The number of aliphatic carboxylic acids is 1. The maximum Gasteiger partial charge on any atom is 0.312 e. The number of aryl methyl sites for hydroxylation is 1. The largest absolute Gasteiger partial charge is 0.481 e. The van der Waals surface area contributed by atoms with E-state index in [4.69, 9.17) is 16.7 Å². The van der Waals surface area contributed by atoms with E-state index in [-0.39, 0.29) is 0 Å². The van der Waals surface area contributed by atoms with Crippen LogP contribution in [-0.4, -0.2) is 16.1 Å². The molecule has 1 aromatic heterocycles. The number of hydrogen-bond donors (Lipinski definition) is 2. The van der Waals surface area contributed by atoms with E-state index in [0.717, 1.165) is 21.5 Å². The number of halogens is 2. The van der Waals surface area contributed by atoms with Gasteiger partial charge in [-0.1, -0.05) is 17.7 Å². The quantitative estimate of drug-likeness (QED) is 0.836. The Hall–Kier alpha value is -1.11. The highest BCUT2D eigenvalue weighted by Gasteiger charge is 2.32. The van der Waals surface area contributed by atoms with Crippen LogP contribution in [0.1, 0.15) is 22.9 Å². The van der Waals surface area contributed by atoms with Crippen molar-refractivity contribution in [1.82, 2.24) is 4.98 Å². The van der Waals surface area contributed by atoms with E-state index in [1.54, 1.807) is 6.07 Å². The zero-order valence-corrected chi connectivity index (χ0v) is 13.3. The van der Waals surface area contributed by atoms with E-state index in [2.05, 4.69) is 26.2 Å². The highest BCUT2D eigenvalue weighted by Crippen LogP contribution is 2.40. The average molecular weight is 374 g/mol. The van der Waals surface area contributed by atoms with Crippen molar-refractivity contribution >= 4 is 55.7 Å². The van der Waals surface area contributed by atoms with Crippen LogP contribution in [0.15, 0.2) is 22.7 Å². The smallest absolute Gasteiger partial charge is 0.312 e. The van der Waals surface area contributed by atoms with E-state index in [1.165, 1.54) is 11.3 Å². The van der Waals surface area contributed by atoms with E-state index in [9.17, 15) is 4.79 Å². The number of nitrogens with zero attached hydrogens (tertiary/aromatic N) is 1. The van der Waals surface area contributed by atoms with Gasteiger partial charge < -0.3 is 10.4 Å². The summed E-state index contributed by atoms with van der Waals surface area (Å²) in [6, 6.07) is 5.52. The van der Waals surface area contributed by atoms with Crippen LogP contribution in [0.2, 0.25) is 5.02 Å². The van der Waals surface area contributed by atoms with Gasteiger partial charge in [-0.2, -0.15) is 0 Å². The number of carbonyl (C=O) groups is 1. The molecule has 1 aliphatic rings. The molecule has 0 bridgehead atoms. The first-order valence-electron chi connectivity index (χ1n) is 5.99. The predicted molar refractivity (Wildman–Crippen MR) is 83.2 cm³/mol. The van der Waals surface area contributed by atoms with Gasteiger partial charge in [0.25, 0.3) is 0 Å². The molecule has 1 aliphatic carbocycles. The summed E-state index contributed by atoms with van der Waals surface area (Å²) in [6.45, 7) is 0. The van der Waals surface area contributed by atoms with Gasteiger partial charge in [0.2, 0.25) is 0 Å². The lowest BCUT2D eigenvalue weighted by molar-refractivity contribution is -0.138. The van der Waals surface area contributed by atoms with Crippen molar-refractivity contribution in [3.05, 3.63) is 38.3 Å². The third-order valence-electron chi connectivity index (χ3n) is 3.21. The highest BCUT2D eigenvalue weighted by atomic mass is 79.9. The van der Waals surface area contributed by atoms with Crippen molar-refractivity contribution in [1.29, 1.82) is 0 Å².